The van der Waals surface area contributed by atoms with Gasteiger partial charge in [-0.3, -0.25) is 0 Å². The minimum Gasteiger partial charge on any atom is -0.379 e. The zero-order chi connectivity index (χ0) is 22.5. The molecule has 0 aromatic heterocycles. The number of nitrogens with zero attached hydrogens (tertiary/aromatic N) is 1. The van der Waals surface area contributed by atoms with Crippen LogP contribution in [0.3, 0.4) is 0 Å². The molecule has 30 heavy (non-hydrogen) atoms. The number of carbonyl (C=O) groups is 1. The lowest BCUT2D eigenvalue weighted by Crippen LogP contribution is -2.43. The van der Waals surface area contributed by atoms with Gasteiger partial charge in [0, 0.05) is 19.1 Å². The molecule has 1 N–H and O–H groups in total. The summed E-state index contributed by atoms with van der Waals surface area (Å²) in [6, 6.07) is 9.01. The van der Waals surface area contributed by atoms with Gasteiger partial charge in [-0.25, -0.2) is 4.79 Å². The summed E-state index contributed by atoms with van der Waals surface area (Å²) in [4.78, 5) is 13.1. The number of urea groups is 1. The highest BCUT2D eigenvalue weighted by Crippen LogP contribution is 2.31. The average molecular weight is 444 g/mol. The number of hydrogen-bond acceptors (Lipinski definition) is 4. The topological polar surface area (TPSA) is 75.7 Å². The lowest BCUT2D eigenvalue weighted by atomic mass is 10.2. The van der Waals surface area contributed by atoms with Gasteiger partial charge in [-0.05, 0) is 56.7 Å². The molecule has 0 bridgehead atoms. The SMILES string of the molecule is CCNC(=O)N(Cc1ccc(OS(=O)(=O)c2cccc(C(F)(F)F)c2)cc1)C(C)C. The van der Waals surface area contributed by atoms with Crippen molar-refractivity contribution in [2.24, 2.45) is 0 Å². The number of carbonyl (C=O) groups excluding carboxylic acids is 1. The summed E-state index contributed by atoms with van der Waals surface area (Å²) in [6.07, 6.45) is -4.67. The van der Waals surface area contributed by atoms with Gasteiger partial charge >= 0.3 is 22.3 Å². The highest BCUT2D eigenvalue weighted by atomic mass is 32.2. The fourth-order valence-corrected chi connectivity index (χ4v) is 3.57. The lowest BCUT2D eigenvalue weighted by molar-refractivity contribution is -0.137. The van der Waals surface area contributed by atoms with E-state index in [1.54, 1.807) is 17.0 Å². The van der Waals surface area contributed by atoms with Gasteiger partial charge < -0.3 is 14.4 Å². The highest BCUT2D eigenvalue weighted by Gasteiger charge is 2.32. The summed E-state index contributed by atoms with van der Waals surface area (Å²) in [5, 5.41) is 2.73. The largest absolute Gasteiger partial charge is 0.416 e. The van der Waals surface area contributed by atoms with E-state index in [1.807, 2.05) is 20.8 Å². The number of amides is 2. The number of alkyl halides is 3. The van der Waals surface area contributed by atoms with Gasteiger partial charge in [-0.15, -0.1) is 0 Å². The number of hydrogen-bond donors (Lipinski definition) is 1. The third-order valence-corrected chi connectivity index (χ3v) is 5.39. The quantitative estimate of drug-likeness (QED) is 0.642. The van der Waals surface area contributed by atoms with Crippen LogP contribution in [0.4, 0.5) is 18.0 Å². The third kappa shape index (κ3) is 6.12. The zero-order valence-corrected chi connectivity index (χ0v) is 17.5. The van der Waals surface area contributed by atoms with Crippen molar-refractivity contribution in [2.75, 3.05) is 6.54 Å². The molecule has 10 heteroatoms. The number of benzene rings is 2. The van der Waals surface area contributed by atoms with E-state index in [1.165, 1.54) is 12.1 Å². The van der Waals surface area contributed by atoms with Crippen LogP contribution >= 0.6 is 0 Å². The molecule has 2 rings (SSSR count). The van der Waals surface area contributed by atoms with E-state index in [0.717, 1.165) is 23.8 Å². The van der Waals surface area contributed by atoms with Gasteiger partial charge in [0.2, 0.25) is 0 Å². The monoisotopic (exact) mass is 444 g/mol. The second-order valence-electron chi connectivity index (χ2n) is 6.76. The Morgan fingerprint density at radius 2 is 1.77 bits per heavy atom. The molecule has 0 aliphatic rings. The fourth-order valence-electron chi connectivity index (χ4n) is 2.59. The molecule has 2 amide bonds. The second-order valence-corrected chi connectivity index (χ2v) is 8.31. The van der Waals surface area contributed by atoms with E-state index in [2.05, 4.69) is 5.32 Å². The summed E-state index contributed by atoms with van der Waals surface area (Å²) in [6.45, 7) is 6.34. The van der Waals surface area contributed by atoms with Crippen LogP contribution in [0.25, 0.3) is 0 Å². The fraction of sp³-hybridized carbons (Fsp3) is 0.350. The molecule has 2 aromatic carbocycles. The summed E-state index contributed by atoms with van der Waals surface area (Å²) < 4.78 is 68.1. The van der Waals surface area contributed by atoms with Crippen LogP contribution in [-0.2, 0) is 22.8 Å². The first kappa shape index (κ1) is 23.5. The van der Waals surface area contributed by atoms with Crippen molar-refractivity contribution < 1.29 is 30.6 Å². The molecule has 0 saturated heterocycles. The van der Waals surface area contributed by atoms with Crippen LogP contribution in [0.2, 0.25) is 0 Å². The molecule has 0 aliphatic heterocycles. The highest BCUT2D eigenvalue weighted by molar-refractivity contribution is 7.87. The van der Waals surface area contributed by atoms with E-state index in [9.17, 15) is 26.4 Å². The van der Waals surface area contributed by atoms with Gasteiger partial charge in [-0.2, -0.15) is 21.6 Å². The van der Waals surface area contributed by atoms with E-state index >= 15 is 0 Å². The Morgan fingerprint density at radius 1 is 1.13 bits per heavy atom. The molecule has 6 nitrogen and oxygen atoms in total. The predicted octanol–water partition coefficient (Wildman–Crippen LogP) is 4.41. The molecule has 0 spiro atoms. The molecule has 0 saturated carbocycles. The van der Waals surface area contributed by atoms with Gasteiger partial charge in [0.05, 0.1) is 5.56 Å². The van der Waals surface area contributed by atoms with Crippen molar-refractivity contribution in [1.29, 1.82) is 0 Å². The molecule has 2 aromatic rings. The molecule has 0 unspecified atom stereocenters. The first-order valence-electron chi connectivity index (χ1n) is 9.19. The maximum Gasteiger partial charge on any atom is 0.416 e. The maximum atomic E-state index is 12.8. The zero-order valence-electron chi connectivity index (χ0n) is 16.7. The first-order valence-corrected chi connectivity index (χ1v) is 10.6. The summed E-state index contributed by atoms with van der Waals surface area (Å²) in [5.41, 5.74) is -0.347. The Morgan fingerprint density at radius 3 is 2.30 bits per heavy atom. The molecule has 0 atom stereocenters. The molecule has 164 valence electrons. The van der Waals surface area contributed by atoms with Crippen molar-refractivity contribution in [3.8, 4) is 5.75 Å². The maximum absolute atomic E-state index is 12.8. The van der Waals surface area contributed by atoms with Crippen molar-refractivity contribution in [3.63, 3.8) is 0 Å². The Balaban J connectivity index is 2.16. The molecular weight excluding hydrogens is 421 g/mol. The standard InChI is InChI=1S/C20H23F3N2O4S/c1-4-24-19(26)25(14(2)3)13-15-8-10-17(11-9-15)29-30(27,28)18-7-5-6-16(12-18)20(21,22)23/h5-12,14H,4,13H2,1-3H3,(H,24,26). The minimum absolute atomic E-state index is 0.0507. The van der Waals surface area contributed by atoms with Gasteiger partial charge in [0.25, 0.3) is 0 Å². The molecule has 0 fully saturated rings. The summed E-state index contributed by atoms with van der Waals surface area (Å²) in [7, 11) is -4.44. The van der Waals surface area contributed by atoms with Gasteiger partial charge in [0.1, 0.15) is 10.6 Å². The van der Waals surface area contributed by atoms with E-state index < -0.39 is 26.8 Å². The molecule has 0 aliphatic carbocycles. The molecule has 0 heterocycles. The van der Waals surface area contributed by atoms with Crippen LogP contribution in [0.5, 0.6) is 5.75 Å². The molecular formula is C20H23F3N2O4S. The predicted molar refractivity (Wildman–Crippen MR) is 105 cm³/mol. The third-order valence-electron chi connectivity index (χ3n) is 4.14. The van der Waals surface area contributed by atoms with Gasteiger partial charge in [-0.1, -0.05) is 18.2 Å². The van der Waals surface area contributed by atoms with Crippen molar-refractivity contribution in [3.05, 3.63) is 59.7 Å². The lowest BCUT2D eigenvalue weighted by Gasteiger charge is -2.27. The minimum atomic E-state index is -4.67. The van der Waals surface area contributed by atoms with E-state index in [4.69, 9.17) is 4.18 Å². The average Bonchev–Trinajstić information content (AvgIpc) is 2.66. The smallest absolute Gasteiger partial charge is 0.379 e. The number of rotatable bonds is 7. The summed E-state index contributed by atoms with van der Waals surface area (Å²) in [5.74, 6) is -0.0507. The number of halogens is 3. The Kier molecular flexibility index (Phi) is 7.35. The normalized spacial score (nSPS) is 12.0. The van der Waals surface area contributed by atoms with E-state index in [-0.39, 0.29) is 17.8 Å². The molecule has 0 radical (unpaired) electrons. The van der Waals surface area contributed by atoms with Crippen LogP contribution in [0.15, 0.2) is 53.4 Å². The number of nitrogens with one attached hydrogen (secondary N) is 1. The van der Waals surface area contributed by atoms with Crippen LogP contribution in [0, 0.1) is 0 Å². The van der Waals surface area contributed by atoms with Crippen LogP contribution in [-0.4, -0.2) is 31.9 Å². The van der Waals surface area contributed by atoms with Crippen molar-refractivity contribution >= 4 is 16.1 Å². The second kappa shape index (κ2) is 9.38. The van der Waals surface area contributed by atoms with Crippen LogP contribution < -0.4 is 9.50 Å². The summed E-state index contributed by atoms with van der Waals surface area (Å²) >= 11 is 0. The Labute approximate surface area is 173 Å². The van der Waals surface area contributed by atoms with Gasteiger partial charge in [0.15, 0.2) is 0 Å². The van der Waals surface area contributed by atoms with E-state index in [0.29, 0.717) is 19.2 Å². The Bertz CT molecular complexity index is 974. The Hall–Kier alpha value is -2.75. The van der Waals surface area contributed by atoms with Crippen LogP contribution in [0.1, 0.15) is 31.9 Å². The van der Waals surface area contributed by atoms with Crippen molar-refractivity contribution in [2.45, 2.75) is 44.4 Å². The first-order chi connectivity index (χ1) is 13.9. The van der Waals surface area contributed by atoms with Crippen molar-refractivity contribution in [1.82, 2.24) is 10.2 Å².